The van der Waals surface area contributed by atoms with E-state index in [0.717, 1.165) is 19.6 Å². The van der Waals surface area contributed by atoms with Gasteiger partial charge in [0.2, 0.25) is 0 Å². The molecule has 10 heavy (non-hydrogen) atoms. The lowest BCUT2D eigenvalue weighted by Crippen LogP contribution is -2.10. The minimum atomic E-state index is -0.131. The van der Waals surface area contributed by atoms with Crippen LogP contribution in [0.3, 0.4) is 0 Å². The molecule has 0 aromatic carbocycles. The van der Waals surface area contributed by atoms with Gasteiger partial charge in [0.25, 0.3) is 0 Å². The molecule has 0 aliphatic carbocycles. The zero-order valence-electron chi connectivity index (χ0n) is 6.04. The Morgan fingerprint density at radius 1 is 1.60 bits per heavy atom. The molecule has 1 radical (unpaired) electrons. The zero-order chi connectivity index (χ0) is 7.23. The molecule has 1 aliphatic heterocycles. The molecule has 3 nitrogen and oxygen atoms in total. The maximum absolute atomic E-state index is 9.95. The normalized spacial score (nSPS) is 25.5. The second kappa shape index (κ2) is 4.66. The van der Waals surface area contributed by atoms with Crippen LogP contribution in [0.2, 0.25) is 0 Å². The molecule has 1 saturated heterocycles. The first-order valence-corrected chi connectivity index (χ1v) is 3.67. The van der Waals surface area contributed by atoms with Crippen molar-refractivity contribution in [2.24, 2.45) is 5.92 Å². The van der Waals surface area contributed by atoms with Gasteiger partial charge in [-0.15, -0.1) is 0 Å². The summed E-state index contributed by atoms with van der Waals surface area (Å²) in [6.45, 7) is 2.57. The third kappa shape index (κ3) is 2.64. The minimum Gasteiger partial charge on any atom is -0.381 e. The van der Waals surface area contributed by atoms with E-state index in [4.69, 9.17) is 9.47 Å². The topological polar surface area (TPSA) is 38.4 Å². The smallest absolute Gasteiger partial charge is 0.106 e. The fourth-order valence-electron chi connectivity index (χ4n) is 1.02. The van der Waals surface area contributed by atoms with Gasteiger partial charge in [-0.1, -0.05) is 0 Å². The molecule has 0 saturated carbocycles. The van der Waals surface area contributed by atoms with Crippen molar-refractivity contribution in [3.63, 3.8) is 0 Å². The fourth-order valence-corrected chi connectivity index (χ4v) is 1.02. The molecule has 0 aromatic heterocycles. The Balaban J connectivity index is 1.91. The van der Waals surface area contributed by atoms with Crippen molar-refractivity contribution in [1.82, 2.24) is 0 Å². The van der Waals surface area contributed by atoms with E-state index >= 15 is 0 Å². The van der Waals surface area contributed by atoms with E-state index in [1.165, 1.54) is 0 Å². The molecular formula is C7H13O3. The predicted octanol–water partition coefficient (Wildman–Crippen LogP) is 0.470. The summed E-state index contributed by atoms with van der Waals surface area (Å²) in [6, 6.07) is 0. The summed E-state index contributed by atoms with van der Waals surface area (Å²) >= 11 is 0. The summed E-state index contributed by atoms with van der Waals surface area (Å²) in [7, 11) is 0. The van der Waals surface area contributed by atoms with Gasteiger partial charge >= 0.3 is 0 Å². The second-order valence-corrected chi connectivity index (χ2v) is 2.51. The van der Waals surface area contributed by atoms with Crippen molar-refractivity contribution in [3.8, 4) is 0 Å². The quantitative estimate of drug-likeness (QED) is 0.539. The summed E-state index contributed by atoms with van der Waals surface area (Å²) in [5.74, 6) is 0.534. The summed E-state index contributed by atoms with van der Waals surface area (Å²) in [6.07, 6.45) is 1.08. The maximum atomic E-state index is 9.95. The third-order valence-corrected chi connectivity index (χ3v) is 1.61. The number of hydrogen-bond donors (Lipinski definition) is 0. The first-order valence-electron chi connectivity index (χ1n) is 3.67. The van der Waals surface area contributed by atoms with Crippen molar-refractivity contribution in [1.29, 1.82) is 0 Å². The SMILES string of the molecule is [O]CCOCC1CCOC1. The number of ether oxygens (including phenoxy) is 2. The van der Waals surface area contributed by atoms with E-state index in [0.29, 0.717) is 19.1 Å². The molecule has 0 N–H and O–H groups in total. The van der Waals surface area contributed by atoms with Crippen molar-refractivity contribution in [2.45, 2.75) is 6.42 Å². The Morgan fingerprint density at radius 3 is 3.10 bits per heavy atom. The van der Waals surface area contributed by atoms with Gasteiger partial charge in [0.15, 0.2) is 0 Å². The summed E-state index contributed by atoms with van der Waals surface area (Å²) < 4.78 is 10.2. The van der Waals surface area contributed by atoms with Crippen molar-refractivity contribution in [3.05, 3.63) is 0 Å². The van der Waals surface area contributed by atoms with Gasteiger partial charge < -0.3 is 9.47 Å². The van der Waals surface area contributed by atoms with Crippen LogP contribution >= 0.6 is 0 Å². The van der Waals surface area contributed by atoms with E-state index in [9.17, 15) is 5.11 Å². The molecule has 0 amide bonds. The lowest BCUT2D eigenvalue weighted by Gasteiger charge is -2.05. The average molecular weight is 145 g/mol. The van der Waals surface area contributed by atoms with E-state index in [1.54, 1.807) is 0 Å². The van der Waals surface area contributed by atoms with Gasteiger partial charge in [-0.25, -0.2) is 5.11 Å². The van der Waals surface area contributed by atoms with Crippen LogP contribution in [0, 0.1) is 5.92 Å². The third-order valence-electron chi connectivity index (χ3n) is 1.61. The molecule has 1 atom stereocenters. The Morgan fingerprint density at radius 2 is 2.50 bits per heavy atom. The molecule has 1 rings (SSSR count). The molecule has 1 heterocycles. The summed E-state index contributed by atoms with van der Waals surface area (Å²) in [4.78, 5) is 0. The molecule has 3 heteroatoms. The Bertz CT molecular complexity index is 78.9. The van der Waals surface area contributed by atoms with E-state index in [1.807, 2.05) is 0 Å². The van der Waals surface area contributed by atoms with Gasteiger partial charge in [-0.3, -0.25) is 0 Å². The van der Waals surface area contributed by atoms with Crippen LogP contribution in [0.4, 0.5) is 0 Å². The van der Waals surface area contributed by atoms with E-state index in [-0.39, 0.29) is 6.61 Å². The highest BCUT2D eigenvalue weighted by atomic mass is 16.5. The van der Waals surface area contributed by atoms with E-state index < -0.39 is 0 Å². The average Bonchev–Trinajstić information content (AvgIpc) is 2.41. The van der Waals surface area contributed by atoms with Crippen LogP contribution in [0.15, 0.2) is 0 Å². The van der Waals surface area contributed by atoms with Gasteiger partial charge in [-0.05, 0) is 6.42 Å². The van der Waals surface area contributed by atoms with E-state index in [2.05, 4.69) is 0 Å². The minimum absolute atomic E-state index is 0.131. The molecular weight excluding hydrogens is 132 g/mol. The van der Waals surface area contributed by atoms with Crippen molar-refractivity contribution < 1.29 is 14.6 Å². The standard InChI is InChI=1S/C7H13O3/c8-2-4-10-6-7-1-3-9-5-7/h7H,1-6H2. The fraction of sp³-hybridized carbons (Fsp3) is 1.00. The summed E-state index contributed by atoms with van der Waals surface area (Å²) in [5, 5.41) is 9.95. The monoisotopic (exact) mass is 145 g/mol. The molecule has 1 unspecified atom stereocenters. The lowest BCUT2D eigenvalue weighted by molar-refractivity contribution is 0.0425. The van der Waals surface area contributed by atoms with Crippen molar-refractivity contribution >= 4 is 0 Å². The van der Waals surface area contributed by atoms with Gasteiger partial charge in [0.1, 0.15) is 6.61 Å². The summed E-state index contributed by atoms with van der Waals surface area (Å²) in [5.41, 5.74) is 0. The van der Waals surface area contributed by atoms with Gasteiger partial charge in [0.05, 0.1) is 19.8 Å². The highest BCUT2D eigenvalue weighted by molar-refractivity contribution is 4.62. The zero-order valence-corrected chi connectivity index (χ0v) is 6.04. The molecule has 59 valence electrons. The first kappa shape index (κ1) is 7.98. The van der Waals surface area contributed by atoms with Gasteiger partial charge in [-0.2, -0.15) is 0 Å². The Labute approximate surface area is 60.9 Å². The molecule has 1 fully saturated rings. The molecule has 0 spiro atoms. The molecule has 1 aliphatic rings. The van der Waals surface area contributed by atoms with Crippen LogP contribution < -0.4 is 0 Å². The van der Waals surface area contributed by atoms with Crippen LogP contribution in [-0.4, -0.2) is 33.0 Å². The second-order valence-electron chi connectivity index (χ2n) is 2.51. The van der Waals surface area contributed by atoms with Crippen LogP contribution in [0.5, 0.6) is 0 Å². The van der Waals surface area contributed by atoms with Crippen LogP contribution in [-0.2, 0) is 14.6 Å². The lowest BCUT2D eigenvalue weighted by atomic mass is 10.1. The Hall–Kier alpha value is -0.120. The highest BCUT2D eigenvalue weighted by Crippen LogP contribution is 2.11. The number of rotatable bonds is 4. The van der Waals surface area contributed by atoms with Crippen molar-refractivity contribution in [2.75, 3.05) is 33.0 Å². The first-order chi connectivity index (χ1) is 4.93. The van der Waals surface area contributed by atoms with Crippen LogP contribution in [0.25, 0.3) is 0 Å². The molecule has 0 bridgehead atoms. The van der Waals surface area contributed by atoms with Gasteiger partial charge in [0, 0.05) is 12.5 Å². The largest absolute Gasteiger partial charge is 0.381 e. The maximum Gasteiger partial charge on any atom is 0.106 e. The number of hydrogen-bond acceptors (Lipinski definition) is 2. The predicted molar refractivity (Wildman–Crippen MR) is 35.3 cm³/mol. The van der Waals surface area contributed by atoms with Crippen LogP contribution in [0.1, 0.15) is 6.42 Å². The Kier molecular flexibility index (Phi) is 3.72. The highest BCUT2D eigenvalue weighted by Gasteiger charge is 2.14. The molecule has 0 aromatic rings.